The highest BCUT2D eigenvalue weighted by atomic mass is 35.5. The number of carbonyl (C=O) groups excluding carboxylic acids is 1. The van der Waals surface area contributed by atoms with Gasteiger partial charge < -0.3 is 10.1 Å². The number of hydrogen-bond acceptors (Lipinski definition) is 3. The second kappa shape index (κ2) is 10.3. The smallest absolute Gasteiger partial charge is 0.251 e. The highest BCUT2D eigenvalue weighted by molar-refractivity contribution is 6.37. The lowest BCUT2D eigenvalue weighted by Gasteiger charge is -2.11. The fourth-order valence-electron chi connectivity index (χ4n) is 3.54. The van der Waals surface area contributed by atoms with Gasteiger partial charge in [0.1, 0.15) is 5.82 Å². The monoisotopic (exact) mass is 497 g/mol. The van der Waals surface area contributed by atoms with Crippen molar-refractivity contribution in [3.8, 4) is 22.7 Å². The second-order valence-electron chi connectivity index (χ2n) is 7.63. The Labute approximate surface area is 207 Å². The fourth-order valence-corrected chi connectivity index (χ4v) is 4.13. The number of aromatic nitrogens is 2. The van der Waals surface area contributed by atoms with E-state index in [1.165, 1.54) is 18.2 Å². The maximum absolute atomic E-state index is 13.9. The molecule has 1 amide bonds. The lowest BCUT2D eigenvalue weighted by atomic mass is 10.1. The molecule has 0 aliphatic rings. The van der Waals surface area contributed by atoms with Crippen LogP contribution in [-0.2, 0) is 6.54 Å². The van der Waals surface area contributed by atoms with Gasteiger partial charge in [-0.05, 0) is 61.9 Å². The van der Waals surface area contributed by atoms with Crippen LogP contribution in [0.4, 0.5) is 4.39 Å². The standard InChI is InChI=1S/C26H22Cl2FN3O2/c1-3-34-25-21(27)12-18(13-22(25)28)26(33)30-14-19-15-32(20-7-5-4-6-8-20)31-24(19)17-9-10-23(29)16(2)11-17/h4-13,15H,3,14H2,1-2H3,(H,30,33). The van der Waals surface area contributed by atoms with Crippen molar-refractivity contribution < 1.29 is 13.9 Å². The van der Waals surface area contributed by atoms with Gasteiger partial charge in [0, 0.05) is 29.4 Å². The number of rotatable bonds is 7. The quantitative estimate of drug-likeness (QED) is 0.312. The Morgan fingerprint density at radius 2 is 1.79 bits per heavy atom. The number of aryl methyl sites for hydroxylation is 1. The van der Waals surface area contributed by atoms with Crippen molar-refractivity contribution in [3.05, 3.63) is 99.4 Å². The number of carbonyl (C=O) groups is 1. The van der Waals surface area contributed by atoms with Crippen molar-refractivity contribution in [2.45, 2.75) is 20.4 Å². The van der Waals surface area contributed by atoms with Gasteiger partial charge in [0.15, 0.2) is 5.75 Å². The van der Waals surface area contributed by atoms with Crippen LogP contribution in [0.25, 0.3) is 16.9 Å². The van der Waals surface area contributed by atoms with Crippen LogP contribution in [0.15, 0.2) is 66.9 Å². The molecular formula is C26H22Cl2FN3O2. The maximum Gasteiger partial charge on any atom is 0.251 e. The minimum absolute atomic E-state index is 0.194. The van der Waals surface area contributed by atoms with E-state index in [2.05, 4.69) is 5.32 Å². The van der Waals surface area contributed by atoms with Crippen molar-refractivity contribution in [2.24, 2.45) is 0 Å². The zero-order valence-corrected chi connectivity index (χ0v) is 20.1. The van der Waals surface area contributed by atoms with Crippen LogP contribution >= 0.6 is 23.2 Å². The van der Waals surface area contributed by atoms with Crippen molar-refractivity contribution in [1.82, 2.24) is 15.1 Å². The van der Waals surface area contributed by atoms with E-state index >= 15 is 0 Å². The predicted octanol–water partition coefficient (Wildman–Crippen LogP) is 6.62. The van der Waals surface area contributed by atoms with Gasteiger partial charge in [0.25, 0.3) is 5.91 Å². The number of benzene rings is 3. The van der Waals surface area contributed by atoms with E-state index in [4.69, 9.17) is 33.0 Å². The summed E-state index contributed by atoms with van der Waals surface area (Å²) >= 11 is 12.5. The molecule has 5 nitrogen and oxygen atoms in total. The van der Waals surface area contributed by atoms with Crippen molar-refractivity contribution in [1.29, 1.82) is 0 Å². The third-order valence-corrected chi connectivity index (χ3v) is 5.79. The first kappa shape index (κ1) is 23.8. The van der Waals surface area contributed by atoms with Gasteiger partial charge in [-0.3, -0.25) is 4.79 Å². The summed E-state index contributed by atoms with van der Waals surface area (Å²) in [6.45, 7) is 4.12. The summed E-state index contributed by atoms with van der Waals surface area (Å²) in [4.78, 5) is 12.9. The van der Waals surface area contributed by atoms with Gasteiger partial charge in [-0.2, -0.15) is 5.10 Å². The maximum atomic E-state index is 13.9. The van der Waals surface area contributed by atoms with E-state index in [1.807, 2.05) is 43.5 Å². The summed E-state index contributed by atoms with van der Waals surface area (Å²) in [5.41, 5.74) is 3.87. The van der Waals surface area contributed by atoms with E-state index in [-0.39, 0.29) is 28.3 Å². The topological polar surface area (TPSA) is 56.1 Å². The molecule has 0 atom stereocenters. The number of nitrogens with one attached hydrogen (secondary N) is 1. The van der Waals surface area contributed by atoms with Crippen molar-refractivity contribution >= 4 is 29.1 Å². The van der Waals surface area contributed by atoms with Crippen LogP contribution in [0.5, 0.6) is 5.75 Å². The van der Waals surface area contributed by atoms with Crippen LogP contribution in [0.3, 0.4) is 0 Å². The molecular weight excluding hydrogens is 476 g/mol. The van der Waals surface area contributed by atoms with E-state index in [0.717, 1.165) is 16.8 Å². The number of amides is 1. The largest absolute Gasteiger partial charge is 0.491 e. The fraction of sp³-hybridized carbons (Fsp3) is 0.154. The Morgan fingerprint density at radius 3 is 2.44 bits per heavy atom. The van der Waals surface area contributed by atoms with E-state index in [0.29, 0.717) is 29.2 Å². The third kappa shape index (κ3) is 5.08. The third-order valence-electron chi connectivity index (χ3n) is 5.23. The number of para-hydroxylation sites is 1. The Kier molecular flexibility index (Phi) is 7.20. The first-order valence-corrected chi connectivity index (χ1v) is 11.4. The molecule has 1 N–H and O–H groups in total. The van der Waals surface area contributed by atoms with Gasteiger partial charge in [-0.15, -0.1) is 0 Å². The molecule has 4 aromatic rings. The summed E-state index contributed by atoms with van der Waals surface area (Å²) < 4.78 is 21.0. The number of nitrogens with zero attached hydrogens (tertiary/aromatic N) is 2. The summed E-state index contributed by atoms with van der Waals surface area (Å²) in [6.07, 6.45) is 1.85. The summed E-state index contributed by atoms with van der Waals surface area (Å²) in [6, 6.07) is 17.5. The molecule has 0 aliphatic heterocycles. The van der Waals surface area contributed by atoms with Crippen LogP contribution < -0.4 is 10.1 Å². The average molecular weight is 498 g/mol. The molecule has 0 saturated carbocycles. The van der Waals surface area contributed by atoms with Gasteiger partial charge >= 0.3 is 0 Å². The summed E-state index contributed by atoms with van der Waals surface area (Å²) in [7, 11) is 0. The SMILES string of the molecule is CCOc1c(Cl)cc(C(=O)NCc2cn(-c3ccccc3)nc2-c2ccc(F)c(C)c2)cc1Cl. The van der Waals surface area contributed by atoms with E-state index in [9.17, 15) is 9.18 Å². The average Bonchev–Trinajstić information content (AvgIpc) is 3.26. The summed E-state index contributed by atoms with van der Waals surface area (Å²) in [5, 5.41) is 8.14. The molecule has 1 heterocycles. The molecule has 3 aromatic carbocycles. The molecule has 0 aliphatic carbocycles. The van der Waals surface area contributed by atoms with Crippen LogP contribution in [0.1, 0.15) is 28.4 Å². The highest BCUT2D eigenvalue weighted by Gasteiger charge is 2.17. The molecule has 8 heteroatoms. The van der Waals surface area contributed by atoms with Crippen molar-refractivity contribution in [2.75, 3.05) is 6.61 Å². The molecule has 1 aromatic heterocycles. The lowest BCUT2D eigenvalue weighted by molar-refractivity contribution is 0.0951. The molecule has 0 spiro atoms. The molecule has 0 saturated heterocycles. The zero-order chi connectivity index (χ0) is 24.2. The van der Waals surface area contributed by atoms with Crippen LogP contribution in [0, 0.1) is 12.7 Å². The normalized spacial score (nSPS) is 10.9. The van der Waals surface area contributed by atoms with Gasteiger partial charge in [-0.25, -0.2) is 9.07 Å². The van der Waals surface area contributed by atoms with Crippen LogP contribution in [0.2, 0.25) is 10.0 Å². The molecule has 4 rings (SSSR count). The lowest BCUT2D eigenvalue weighted by Crippen LogP contribution is -2.23. The Balaban J connectivity index is 1.64. The highest BCUT2D eigenvalue weighted by Crippen LogP contribution is 2.34. The van der Waals surface area contributed by atoms with E-state index in [1.54, 1.807) is 23.7 Å². The molecule has 34 heavy (non-hydrogen) atoms. The Morgan fingerprint density at radius 1 is 1.09 bits per heavy atom. The van der Waals surface area contributed by atoms with Crippen LogP contribution in [-0.4, -0.2) is 22.3 Å². The molecule has 0 unspecified atom stereocenters. The number of halogens is 3. The second-order valence-corrected chi connectivity index (χ2v) is 8.45. The van der Waals surface area contributed by atoms with E-state index < -0.39 is 0 Å². The zero-order valence-electron chi connectivity index (χ0n) is 18.6. The number of ether oxygens (including phenoxy) is 1. The Bertz CT molecular complexity index is 1320. The summed E-state index contributed by atoms with van der Waals surface area (Å²) in [5.74, 6) is -0.286. The van der Waals surface area contributed by atoms with Crippen molar-refractivity contribution in [3.63, 3.8) is 0 Å². The Hall–Kier alpha value is -3.35. The van der Waals surface area contributed by atoms with Gasteiger partial charge in [0.05, 0.1) is 28.0 Å². The molecule has 0 fully saturated rings. The predicted molar refractivity (Wildman–Crippen MR) is 132 cm³/mol. The number of hydrogen-bond donors (Lipinski definition) is 1. The van der Waals surface area contributed by atoms with Gasteiger partial charge in [-0.1, -0.05) is 41.4 Å². The molecule has 174 valence electrons. The van der Waals surface area contributed by atoms with Gasteiger partial charge in [0.2, 0.25) is 0 Å². The molecule has 0 bridgehead atoms. The minimum Gasteiger partial charge on any atom is -0.491 e. The molecule has 0 radical (unpaired) electrons. The minimum atomic E-state index is -0.347. The first-order chi connectivity index (χ1) is 16.4. The first-order valence-electron chi connectivity index (χ1n) is 10.7.